The van der Waals surface area contributed by atoms with Crippen molar-refractivity contribution < 1.29 is 27.5 Å². The second kappa shape index (κ2) is 9.82. The Morgan fingerprint density at radius 3 is 2.58 bits per heavy atom. The van der Waals surface area contributed by atoms with Crippen LogP contribution in [-0.2, 0) is 19.6 Å². The largest absolute Gasteiger partial charge is 0.494 e. The molecule has 9 heteroatoms. The molecule has 1 fully saturated rings. The van der Waals surface area contributed by atoms with Crippen molar-refractivity contribution in [2.45, 2.75) is 37.7 Å². The zero-order valence-electron chi connectivity index (χ0n) is 17.5. The molecule has 1 heterocycles. The van der Waals surface area contributed by atoms with Crippen molar-refractivity contribution in [3.63, 3.8) is 0 Å². The molecule has 1 saturated heterocycles. The smallest absolute Gasteiger partial charge is 0.302 e. The average molecular weight is 447 g/mol. The summed E-state index contributed by atoms with van der Waals surface area (Å²) in [7, 11) is -3.82. The Morgan fingerprint density at radius 2 is 1.90 bits per heavy atom. The maximum Gasteiger partial charge on any atom is 0.302 e. The topological polar surface area (TPSA) is 102 Å². The predicted octanol–water partition coefficient (Wildman–Crippen LogP) is 3.05. The Balaban J connectivity index is 1.72. The quantitative estimate of drug-likeness (QED) is 0.656. The van der Waals surface area contributed by atoms with E-state index in [0.29, 0.717) is 37.4 Å². The van der Waals surface area contributed by atoms with Crippen LogP contribution in [-0.4, -0.2) is 51.0 Å². The van der Waals surface area contributed by atoms with Crippen molar-refractivity contribution in [3.8, 4) is 5.75 Å². The Labute approximate surface area is 182 Å². The van der Waals surface area contributed by atoms with E-state index < -0.39 is 10.0 Å². The highest BCUT2D eigenvalue weighted by atomic mass is 32.2. The summed E-state index contributed by atoms with van der Waals surface area (Å²) in [6, 6.07) is 12.5. The van der Waals surface area contributed by atoms with Gasteiger partial charge in [-0.1, -0.05) is 6.07 Å². The number of rotatable bonds is 7. The molecule has 0 spiro atoms. The first kappa shape index (κ1) is 22.6. The van der Waals surface area contributed by atoms with Crippen molar-refractivity contribution in [1.82, 2.24) is 4.90 Å². The number of anilines is 1. The van der Waals surface area contributed by atoms with Gasteiger partial charge in [-0.15, -0.1) is 0 Å². The molecule has 1 atom stereocenters. The highest BCUT2D eigenvalue weighted by molar-refractivity contribution is 7.92. The van der Waals surface area contributed by atoms with E-state index in [1.807, 2.05) is 6.92 Å². The summed E-state index contributed by atoms with van der Waals surface area (Å²) in [4.78, 5) is 25.8. The molecular formula is C22H26N2O6S. The number of hydrogen-bond acceptors (Lipinski definition) is 6. The normalized spacial score (nSPS) is 16.5. The summed E-state index contributed by atoms with van der Waals surface area (Å²) in [6.45, 7) is 4.56. The van der Waals surface area contributed by atoms with Crippen molar-refractivity contribution in [3.05, 3.63) is 54.1 Å². The summed E-state index contributed by atoms with van der Waals surface area (Å²) < 4.78 is 38.5. The Bertz CT molecular complexity index is 1040. The lowest BCUT2D eigenvalue weighted by atomic mass is 10.1. The second-order valence-electron chi connectivity index (χ2n) is 7.22. The van der Waals surface area contributed by atoms with Crippen LogP contribution in [0.3, 0.4) is 0 Å². The van der Waals surface area contributed by atoms with Crippen LogP contribution in [0.5, 0.6) is 5.75 Å². The van der Waals surface area contributed by atoms with Crippen LogP contribution in [0.15, 0.2) is 53.4 Å². The van der Waals surface area contributed by atoms with Crippen LogP contribution in [0.4, 0.5) is 5.69 Å². The number of likely N-dealkylation sites (tertiary alicyclic amines) is 1. The van der Waals surface area contributed by atoms with Gasteiger partial charge in [-0.3, -0.25) is 14.3 Å². The number of hydrogen-bond donors (Lipinski definition) is 1. The summed E-state index contributed by atoms with van der Waals surface area (Å²) in [6.07, 6.45) is 1.12. The number of benzene rings is 2. The number of carbonyl (C=O) groups is 2. The molecule has 0 bridgehead atoms. The third-order valence-corrected chi connectivity index (χ3v) is 6.20. The van der Waals surface area contributed by atoms with E-state index in [1.165, 1.54) is 25.1 Å². The van der Waals surface area contributed by atoms with Gasteiger partial charge >= 0.3 is 5.97 Å². The zero-order chi connectivity index (χ0) is 22.4. The van der Waals surface area contributed by atoms with Crippen LogP contribution in [0.2, 0.25) is 0 Å². The van der Waals surface area contributed by atoms with Crippen molar-refractivity contribution in [2.24, 2.45) is 0 Å². The molecule has 0 saturated carbocycles. The molecule has 0 radical (unpaired) electrons. The van der Waals surface area contributed by atoms with Crippen LogP contribution >= 0.6 is 0 Å². The number of ether oxygens (including phenoxy) is 2. The minimum Gasteiger partial charge on any atom is -0.494 e. The van der Waals surface area contributed by atoms with E-state index in [-0.39, 0.29) is 28.6 Å². The fraction of sp³-hybridized carbons (Fsp3) is 0.364. The summed E-state index contributed by atoms with van der Waals surface area (Å²) in [5.74, 6) is -0.0217. The molecule has 8 nitrogen and oxygen atoms in total. The van der Waals surface area contributed by atoms with Gasteiger partial charge in [0.05, 0.1) is 18.0 Å². The molecule has 2 aromatic carbocycles. The maximum atomic E-state index is 12.9. The molecule has 2 aromatic rings. The fourth-order valence-corrected chi connectivity index (χ4v) is 4.50. The standard InChI is InChI=1S/C22H26N2O6S/c1-3-29-19-9-11-21(12-10-19)31(27,28)23-18-7-4-6-17(14-18)22(26)24-13-5-8-20(15-24)30-16(2)25/h4,6-7,9-12,14,20,23H,3,5,8,13,15H2,1-2H3. The molecule has 1 aliphatic heterocycles. The van der Waals surface area contributed by atoms with Crippen LogP contribution in [0.1, 0.15) is 37.0 Å². The van der Waals surface area contributed by atoms with E-state index in [2.05, 4.69) is 4.72 Å². The van der Waals surface area contributed by atoms with E-state index in [1.54, 1.807) is 35.2 Å². The van der Waals surface area contributed by atoms with E-state index >= 15 is 0 Å². The maximum absolute atomic E-state index is 12.9. The van der Waals surface area contributed by atoms with Crippen LogP contribution in [0, 0.1) is 0 Å². The SMILES string of the molecule is CCOc1ccc(S(=O)(=O)Nc2cccc(C(=O)N3CCCC(OC(C)=O)C3)c2)cc1. The van der Waals surface area contributed by atoms with E-state index in [9.17, 15) is 18.0 Å². The minimum atomic E-state index is -3.82. The first-order valence-corrected chi connectivity index (χ1v) is 11.6. The van der Waals surface area contributed by atoms with Gasteiger partial charge in [-0.25, -0.2) is 8.42 Å². The van der Waals surface area contributed by atoms with Gasteiger partial charge < -0.3 is 14.4 Å². The van der Waals surface area contributed by atoms with Gasteiger partial charge in [0.25, 0.3) is 15.9 Å². The molecule has 1 N–H and O–H groups in total. The minimum absolute atomic E-state index is 0.0907. The molecular weight excluding hydrogens is 420 g/mol. The number of esters is 1. The monoisotopic (exact) mass is 446 g/mol. The first-order chi connectivity index (χ1) is 14.8. The molecule has 1 amide bonds. The highest BCUT2D eigenvalue weighted by Gasteiger charge is 2.26. The van der Waals surface area contributed by atoms with Gasteiger partial charge in [-0.05, 0) is 62.2 Å². The van der Waals surface area contributed by atoms with Crippen LogP contribution in [0.25, 0.3) is 0 Å². The van der Waals surface area contributed by atoms with E-state index in [0.717, 1.165) is 6.42 Å². The lowest BCUT2D eigenvalue weighted by molar-refractivity contribution is -0.148. The first-order valence-electron chi connectivity index (χ1n) is 10.1. The van der Waals surface area contributed by atoms with Gasteiger partial charge in [0, 0.05) is 24.7 Å². The van der Waals surface area contributed by atoms with Crippen molar-refractivity contribution >= 4 is 27.6 Å². The van der Waals surface area contributed by atoms with E-state index in [4.69, 9.17) is 9.47 Å². The van der Waals surface area contributed by atoms with Gasteiger partial charge in [0.15, 0.2) is 0 Å². The zero-order valence-corrected chi connectivity index (χ0v) is 18.4. The number of nitrogens with zero attached hydrogens (tertiary/aromatic N) is 1. The van der Waals surface area contributed by atoms with Gasteiger partial charge in [0.2, 0.25) is 0 Å². The Kier molecular flexibility index (Phi) is 7.17. The molecule has 0 aliphatic carbocycles. The lowest BCUT2D eigenvalue weighted by Crippen LogP contribution is -2.43. The predicted molar refractivity (Wildman–Crippen MR) is 116 cm³/mol. The highest BCUT2D eigenvalue weighted by Crippen LogP contribution is 2.22. The van der Waals surface area contributed by atoms with Crippen molar-refractivity contribution in [2.75, 3.05) is 24.4 Å². The fourth-order valence-electron chi connectivity index (χ4n) is 3.45. The summed E-state index contributed by atoms with van der Waals surface area (Å²) in [5, 5.41) is 0. The Morgan fingerprint density at radius 1 is 1.16 bits per heavy atom. The Hall–Kier alpha value is -3.07. The summed E-state index contributed by atoms with van der Waals surface area (Å²) >= 11 is 0. The molecule has 3 rings (SSSR count). The lowest BCUT2D eigenvalue weighted by Gasteiger charge is -2.32. The molecule has 1 aliphatic rings. The molecule has 1 unspecified atom stereocenters. The number of carbonyl (C=O) groups excluding carboxylic acids is 2. The molecule has 31 heavy (non-hydrogen) atoms. The molecule has 0 aromatic heterocycles. The van der Waals surface area contributed by atoms with Gasteiger partial charge in [0.1, 0.15) is 11.9 Å². The summed E-state index contributed by atoms with van der Waals surface area (Å²) in [5.41, 5.74) is 0.642. The number of amides is 1. The van der Waals surface area contributed by atoms with Crippen LogP contribution < -0.4 is 9.46 Å². The number of piperidine rings is 1. The average Bonchev–Trinajstić information content (AvgIpc) is 2.73. The molecule has 166 valence electrons. The number of nitrogens with one attached hydrogen (secondary N) is 1. The van der Waals surface area contributed by atoms with Gasteiger partial charge in [-0.2, -0.15) is 0 Å². The third-order valence-electron chi connectivity index (χ3n) is 4.80. The number of sulfonamides is 1. The third kappa shape index (κ3) is 5.97. The second-order valence-corrected chi connectivity index (χ2v) is 8.90. The van der Waals surface area contributed by atoms with Crippen molar-refractivity contribution in [1.29, 1.82) is 0 Å².